The highest BCUT2D eigenvalue weighted by Crippen LogP contribution is 2.22. The minimum atomic E-state index is -3.89. The molecule has 1 amide bonds. The van der Waals surface area contributed by atoms with Gasteiger partial charge in [-0.25, -0.2) is 12.8 Å². The van der Waals surface area contributed by atoms with Crippen molar-refractivity contribution in [3.8, 4) is 0 Å². The van der Waals surface area contributed by atoms with E-state index in [0.29, 0.717) is 11.1 Å². The third-order valence-electron chi connectivity index (χ3n) is 3.79. The van der Waals surface area contributed by atoms with Crippen LogP contribution in [0.4, 0.5) is 10.1 Å². The molecule has 26 heavy (non-hydrogen) atoms. The van der Waals surface area contributed by atoms with Gasteiger partial charge in [0, 0.05) is 5.69 Å². The Kier molecular flexibility index (Phi) is 6.05. The van der Waals surface area contributed by atoms with Crippen molar-refractivity contribution in [3.05, 3.63) is 57.9 Å². The van der Waals surface area contributed by atoms with Crippen LogP contribution in [0.15, 0.2) is 35.2 Å². The number of nitrogens with one attached hydrogen (secondary N) is 2. The summed E-state index contributed by atoms with van der Waals surface area (Å²) in [5.41, 5.74) is 2.44. The number of anilines is 1. The molecule has 1 atom stereocenters. The van der Waals surface area contributed by atoms with E-state index >= 15 is 0 Å². The minimum absolute atomic E-state index is 0.137. The van der Waals surface area contributed by atoms with Gasteiger partial charge < -0.3 is 5.32 Å². The second-order valence-corrected chi connectivity index (χ2v) is 8.25. The fourth-order valence-corrected chi connectivity index (χ4v) is 4.60. The van der Waals surface area contributed by atoms with E-state index in [2.05, 4.69) is 10.0 Å². The number of hydrogen-bond acceptors (Lipinski definition) is 3. The van der Waals surface area contributed by atoms with Gasteiger partial charge in [0.15, 0.2) is 0 Å². The smallest absolute Gasteiger partial charge is 0.242 e. The lowest BCUT2D eigenvalue weighted by Crippen LogP contribution is -2.41. The van der Waals surface area contributed by atoms with Crippen molar-refractivity contribution in [2.45, 2.75) is 38.6 Å². The lowest BCUT2D eigenvalue weighted by atomic mass is 10.1. The van der Waals surface area contributed by atoms with Gasteiger partial charge in [0.1, 0.15) is 5.82 Å². The molecule has 1 unspecified atom stereocenters. The molecule has 0 bridgehead atoms. The summed E-state index contributed by atoms with van der Waals surface area (Å²) in [6.45, 7) is 6.73. The molecule has 0 spiro atoms. The summed E-state index contributed by atoms with van der Waals surface area (Å²) < 4.78 is 40.9. The molecule has 2 aromatic rings. The van der Waals surface area contributed by atoms with Gasteiger partial charge in [0.2, 0.25) is 15.9 Å². The van der Waals surface area contributed by atoms with Crippen molar-refractivity contribution < 1.29 is 17.6 Å². The lowest BCUT2D eigenvalue weighted by molar-refractivity contribution is -0.117. The fourth-order valence-electron chi connectivity index (χ4n) is 2.76. The van der Waals surface area contributed by atoms with Crippen LogP contribution in [0, 0.1) is 26.6 Å². The summed E-state index contributed by atoms with van der Waals surface area (Å²) in [4.78, 5) is 12.4. The summed E-state index contributed by atoms with van der Waals surface area (Å²) in [6.07, 6.45) is 0. The Morgan fingerprint density at radius 2 is 1.69 bits per heavy atom. The molecule has 0 aliphatic rings. The number of halogens is 2. The molecule has 0 heterocycles. The van der Waals surface area contributed by atoms with Gasteiger partial charge in [-0.3, -0.25) is 4.79 Å². The molecule has 8 heteroatoms. The maximum absolute atomic E-state index is 13.2. The van der Waals surface area contributed by atoms with Crippen LogP contribution in [-0.4, -0.2) is 20.4 Å². The largest absolute Gasteiger partial charge is 0.325 e. The van der Waals surface area contributed by atoms with Crippen LogP contribution in [0.1, 0.15) is 23.6 Å². The first-order chi connectivity index (χ1) is 12.0. The van der Waals surface area contributed by atoms with E-state index in [-0.39, 0.29) is 15.6 Å². The molecule has 5 nitrogen and oxygen atoms in total. The number of benzene rings is 2. The van der Waals surface area contributed by atoms with Crippen molar-refractivity contribution >= 4 is 33.2 Å². The Morgan fingerprint density at radius 3 is 2.23 bits per heavy atom. The van der Waals surface area contributed by atoms with Crippen LogP contribution < -0.4 is 10.0 Å². The molecule has 2 N–H and O–H groups in total. The highest BCUT2D eigenvalue weighted by Gasteiger charge is 2.25. The molecule has 0 fully saturated rings. The number of hydrogen-bond donors (Lipinski definition) is 2. The Morgan fingerprint density at radius 1 is 1.12 bits per heavy atom. The summed E-state index contributed by atoms with van der Waals surface area (Å²) in [7, 11) is -3.89. The molecule has 0 aliphatic carbocycles. The molecule has 0 saturated carbocycles. The number of aryl methyl sites for hydroxylation is 3. The number of amides is 1. The quantitative estimate of drug-likeness (QED) is 0.806. The van der Waals surface area contributed by atoms with Crippen molar-refractivity contribution in [3.63, 3.8) is 0 Å². The first-order valence-electron chi connectivity index (χ1n) is 7.87. The standard InChI is InChI=1S/C18H20ClFN2O3S/c1-10-7-11(2)17(12(3)8-10)26(24,25)22-13(4)18(23)21-14-5-6-16(20)15(19)9-14/h5-9,13,22H,1-4H3,(H,21,23). The second kappa shape index (κ2) is 7.73. The minimum Gasteiger partial charge on any atom is -0.325 e. The van der Waals surface area contributed by atoms with Crippen molar-refractivity contribution in [2.24, 2.45) is 0 Å². The van der Waals surface area contributed by atoms with Crippen molar-refractivity contribution in [2.75, 3.05) is 5.32 Å². The molecule has 140 valence electrons. The van der Waals surface area contributed by atoms with E-state index < -0.39 is 27.8 Å². The molecule has 0 aliphatic heterocycles. The van der Waals surface area contributed by atoms with Gasteiger partial charge in [-0.05, 0) is 57.0 Å². The zero-order valence-corrected chi connectivity index (χ0v) is 16.4. The maximum atomic E-state index is 13.2. The molecule has 0 radical (unpaired) electrons. The average Bonchev–Trinajstić information content (AvgIpc) is 2.48. The highest BCUT2D eigenvalue weighted by molar-refractivity contribution is 7.89. The number of carbonyl (C=O) groups excluding carboxylic acids is 1. The Hall–Kier alpha value is -1.96. The molecule has 2 rings (SSSR count). The Bertz CT molecular complexity index is 938. The summed E-state index contributed by atoms with van der Waals surface area (Å²) in [6, 6.07) is 6.22. The Labute approximate surface area is 157 Å². The van der Waals surface area contributed by atoms with Gasteiger partial charge >= 0.3 is 0 Å². The van der Waals surface area contributed by atoms with Gasteiger partial charge in [-0.15, -0.1) is 0 Å². The fraction of sp³-hybridized carbons (Fsp3) is 0.278. The van der Waals surface area contributed by atoms with Crippen LogP contribution in [0.3, 0.4) is 0 Å². The molecule has 0 saturated heterocycles. The molecule has 0 aromatic heterocycles. The molecular formula is C18H20ClFN2O3S. The van der Waals surface area contributed by atoms with Crippen LogP contribution >= 0.6 is 11.6 Å². The van der Waals surface area contributed by atoms with Gasteiger partial charge in [-0.2, -0.15) is 4.72 Å². The van der Waals surface area contributed by atoms with Gasteiger partial charge in [0.05, 0.1) is 16.0 Å². The first kappa shape index (κ1) is 20.4. The monoisotopic (exact) mass is 398 g/mol. The van der Waals surface area contributed by atoms with Gasteiger partial charge in [0.25, 0.3) is 0 Å². The van der Waals surface area contributed by atoms with Crippen molar-refractivity contribution in [1.82, 2.24) is 4.72 Å². The highest BCUT2D eigenvalue weighted by atomic mass is 35.5. The van der Waals surface area contributed by atoms with Crippen molar-refractivity contribution in [1.29, 1.82) is 0 Å². The van der Waals surface area contributed by atoms with E-state index in [1.54, 1.807) is 26.0 Å². The predicted octanol–water partition coefficient (Wildman–Crippen LogP) is 3.71. The molecular weight excluding hydrogens is 379 g/mol. The topological polar surface area (TPSA) is 75.3 Å². The molecule has 2 aromatic carbocycles. The Balaban J connectivity index is 2.18. The number of sulfonamides is 1. The normalized spacial score (nSPS) is 12.7. The van der Waals surface area contributed by atoms with Crippen LogP contribution in [0.2, 0.25) is 5.02 Å². The third-order valence-corrected chi connectivity index (χ3v) is 5.92. The zero-order valence-electron chi connectivity index (χ0n) is 14.9. The van der Waals surface area contributed by atoms with E-state index in [9.17, 15) is 17.6 Å². The van der Waals surface area contributed by atoms with Gasteiger partial charge in [-0.1, -0.05) is 29.3 Å². The zero-order chi connectivity index (χ0) is 19.6. The van der Waals surface area contributed by atoms with E-state index in [1.165, 1.54) is 19.1 Å². The lowest BCUT2D eigenvalue weighted by Gasteiger charge is -2.17. The van der Waals surface area contributed by atoms with Crippen LogP contribution in [0.25, 0.3) is 0 Å². The summed E-state index contributed by atoms with van der Waals surface area (Å²) in [5.74, 6) is -1.19. The summed E-state index contributed by atoms with van der Waals surface area (Å²) >= 11 is 5.67. The van der Waals surface area contributed by atoms with Crippen LogP contribution in [0.5, 0.6) is 0 Å². The van der Waals surface area contributed by atoms with Crippen LogP contribution in [-0.2, 0) is 14.8 Å². The summed E-state index contributed by atoms with van der Waals surface area (Å²) in [5, 5.41) is 2.37. The number of carbonyl (C=O) groups is 1. The van der Waals surface area contributed by atoms with E-state index in [4.69, 9.17) is 11.6 Å². The number of rotatable bonds is 5. The predicted molar refractivity (Wildman–Crippen MR) is 100 cm³/mol. The average molecular weight is 399 g/mol. The SMILES string of the molecule is Cc1cc(C)c(S(=O)(=O)NC(C)C(=O)Nc2ccc(F)c(Cl)c2)c(C)c1. The second-order valence-electron chi connectivity index (χ2n) is 6.19. The first-order valence-corrected chi connectivity index (χ1v) is 9.73. The van der Waals surface area contributed by atoms with E-state index in [0.717, 1.165) is 11.6 Å². The third kappa shape index (κ3) is 4.60. The maximum Gasteiger partial charge on any atom is 0.242 e. The van der Waals surface area contributed by atoms with E-state index in [1.807, 2.05) is 6.92 Å².